The van der Waals surface area contributed by atoms with Gasteiger partial charge in [0.25, 0.3) is 11.9 Å². The minimum atomic E-state index is -0.643. The van der Waals surface area contributed by atoms with Crippen molar-refractivity contribution in [1.82, 2.24) is 24.9 Å². The van der Waals surface area contributed by atoms with Crippen molar-refractivity contribution in [2.45, 2.75) is 18.9 Å². The maximum Gasteiger partial charge on any atom is 0.256 e. The van der Waals surface area contributed by atoms with Crippen molar-refractivity contribution in [3.8, 4) is 11.4 Å². The molecule has 8 heteroatoms. The van der Waals surface area contributed by atoms with Crippen molar-refractivity contribution < 1.29 is 13.9 Å². The lowest BCUT2D eigenvalue weighted by atomic mass is 10.1. The third-order valence-electron chi connectivity index (χ3n) is 4.45. The number of ether oxygens (including phenoxy) is 1. The fourth-order valence-corrected chi connectivity index (χ4v) is 3.20. The minimum Gasteiger partial charge on any atom is -0.484 e. The molecule has 1 fully saturated rings. The van der Waals surface area contributed by atoms with E-state index in [2.05, 4.69) is 15.2 Å². The highest BCUT2D eigenvalue weighted by Gasteiger charge is 2.28. The summed E-state index contributed by atoms with van der Waals surface area (Å²) >= 11 is 0. The Labute approximate surface area is 155 Å². The number of nitrogens with zero attached hydrogens (tertiary/aromatic N) is 5. The molecule has 4 rings (SSSR count). The third-order valence-corrected chi connectivity index (χ3v) is 4.45. The van der Waals surface area contributed by atoms with E-state index in [0.717, 1.165) is 12.8 Å². The molecular weight excluding hydrogens is 349 g/mol. The molecule has 0 N–H and O–H groups in total. The number of piperidine rings is 1. The fourth-order valence-electron chi connectivity index (χ4n) is 3.20. The van der Waals surface area contributed by atoms with Crippen molar-refractivity contribution in [3.63, 3.8) is 0 Å². The molecule has 7 nitrogen and oxygen atoms in total. The molecule has 0 aliphatic carbocycles. The number of rotatable bonds is 4. The number of hydrogen-bond acceptors (Lipinski definition) is 5. The topological polar surface area (TPSA) is 73.1 Å². The number of amides is 1. The first-order valence-corrected chi connectivity index (χ1v) is 8.74. The van der Waals surface area contributed by atoms with Gasteiger partial charge in [0.15, 0.2) is 5.75 Å². The van der Waals surface area contributed by atoms with Gasteiger partial charge in [-0.15, -0.1) is 0 Å². The van der Waals surface area contributed by atoms with Crippen LogP contribution in [0.2, 0.25) is 0 Å². The third kappa shape index (κ3) is 3.64. The molecular formula is C19H18FN5O2. The lowest BCUT2D eigenvalue weighted by Gasteiger charge is -2.33. The van der Waals surface area contributed by atoms with Crippen LogP contribution in [0.5, 0.6) is 5.75 Å². The van der Waals surface area contributed by atoms with E-state index in [1.165, 1.54) is 11.0 Å². The van der Waals surface area contributed by atoms with Crippen LogP contribution in [0.1, 0.15) is 23.2 Å². The predicted molar refractivity (Wildman–Crippen MR) is 95.1 cm³/mol. The largest absolute Gasteiger partial charge is 0.484 e. The first-order valence-electron chi connectivity index (χ1n) is 8.74. The molecule has 1 aliphatic rings. The van der Waals surface area contributed by atoms with Crippen LogP contribution >= 0.6 is 0 Å². The Kier molecular flexibility index (Phi) is 4.78. The number of para-hydroxylation sites is 1. The van der Waals surface area contributed by atoms with Crippen LogP contribution in [0.4, 0.5) is 4.39 Å². The molecule has 0 saturated carbocycles. The SMILES string of the molecule is O=C(c1ccccc1-n1nccn1)N1CCCC(Oc2cccnc2F)C1. The molecule has 1 atom stereocenters. The van der Waals surface area contributed by atoms with E-state index in [-0.39, 0.29) is 17.8 Å². The van der Waals surface area contributed by atoms with Gasteiger partial charge in [0.05, 0.1) is 30.2 Å². The molecule has 1 aliphatic heterocycles. The average molecular weight is 367 g/mol. The van der Waals surface area contributed by atoms with Gasteiger partial charge in [-0.2, -0.15) is 19.4 Å². The highest BCUT2D eigenvalue weighted by atomic mass is 19.1. The normalized spacial score (nSPS) is 16.9. The second kappa shape index (κ2) is 7.53. The van der Waals surface area contributed by atoms with Crippen LogP contribution in [0.15, 0.2) is 55.0 Å². The smallest absolute Gasteiger partial charge is 0.256 e. The first kappa shape index (κ1) is 17.1. The second-order valence-electron chi connectivity index (χ2n) is 6.26. The van der Waals surface area contributed by atoms with Gasteiger partial charge in [-0.25, -0.2) is 4.98 Å². The van der Waals surface area contributed by atoms with Gasteiger partial charge in [-0.3, -0.25) is 4.79 Å². The number of carbonyl (C=O) groups excluding carboxylic acids is 1. The summed E-state index contributed by atoms with van der Waals surface area (Å²) in [7, 11) is 0. The lowest BCUT2D eigenvalue weighted by Crippen LogP contribution is -2.44. The van der Waals surface area contributed by atoms with Crippen molar-refractivity contribution in [3.05, 3.63) is 66.5 Å². The zero-order valence-corrected chi connectivity index (χ0v) is 14.5. The second-order valence-corrected chi connectivity index (χ2v) is 6.26. The van der Waals surface area contributed by atoms with E-state index in [1.54, 1.807) is 41.6 Å². The van der Waals surface area contributed by atoms with E-state index in [1.807, 2.05) is 12.1 Å². The minimum absolute atomic E-state index is 0.109. The van der Waals surface area contributed by atoms with E-state index in [0.29, 0.717) is 24.3 Å². The number of carbonyl (C=O) groups is 1. The Bertz CT molecular complexity index is 931. The molecule has 3 aromatic rings. The van der Waals surface area contributed by atoms with Crippen LogP contribution < -0.4 is 4.74 Å². The molecule has 1 unspecified atom stereocenters. The zero-order valence-electron chi connectivity index (χ0n) is 14.5. The van der Waals surface area contributed by atoms with Crippen LogP contribution in [0.3, 0.4) is 0 Å². The van der Waals surface area contributed by atoms with Gasteiger partial charge < -0.3 is 9.64 Å². The Morgan fingerprint density at radius 3 is 2.74 bits per heavy atom. The van der Waals surface area contributed by atoms with Crippen molar-refractivity contribution in [2.24, 2.45) is 0 Å². The number of pyridine rings is 1. The monoisotopic (exact) mass is 367 g/mol. The molecule has 0 bridgehead atoms. The summed E-state index contributed by atoms with van der Waals surface area (Å²) < 4.78 is 19.5. The number of likely N-dealkylation sites (tertiary alicyclic amines) is 1. The summed E-state index contributed by atoms with van der Waals surface area (Å²) in [6, 6.07) is 10.4. The van der Waals surface area contributed by atoms with E-state index in [9.17, 15) is 9.18 Å². The maximum absolute atomic E-state index is 13.7. The van der Waals surface area contributed by atoms with Gasteiger partial charge >= 0.3 is 0 Å². The standard InChI is InChI=1S/C19H18FN5O2/c20-18-17(8-3-9-21-18)27-14-5-4-12-24(13-14)19(26)15-6-1-2-7-16(15)25-22-10-11-23-25/h1-3,6-11,14H,4-5,12-13H2. The molecule has 0 spiro atoms. The summed E-state index contributed by atoms with van der Waals surface area (Å²) in [6.45, 7) is 1.00. The fraction of sp³-hybridized carbons (Fsp3) is 0.263. The highest BCUT2D eigenvalue weighted by molar-refractivity contribution is 5.97. The van der Waals surface area contributed by atoms with Crippen LogP contribution in [0.25, 0.3) is 5.69 Å². The molecule has 2 aromatic heterocycles. The van der Waals surface area contributed by atoms with Gasteiger partial charge in [-0.05, 0) is 37.1 Å². The molecule has 0 radical (unpaired) electrons. The maximum atomic E-state index is 13.7. The highest BCUT2D eigenvalue weighted by Crippen LogP contribution is 2.22. The molecule has 1 aromatic carbocycles. The summed E-state index contributed by atoms with van der Waals surface area (Å²) in [4.78, 5) is 19.8. The molecule has 1 amide bonds. The first-order chi connectivity index (χ1) is 13.2. The Morgan fingerprint density at radius 2 is 1.93 bits per heavy atom. The van der Waals surface area contributed by atoms with Gasteiger partial charge in [0.1, 0.15) is 6.10 Å². The van der Waals surface area contributed by atoms with Gasteiger partial charge in [0, 0.05) is 12.7 Å². The quantitative estimate of drug-likeness (QED) is 0.663. The Balaban J connectivity index is 1.52. The zero-order chi connectivity index (χ0) is 18.6. The van der Waals surface area contributed by atoms with Crippen molar-refractivity contribution >= 4 is 5.91 Å². The molecule has 1 saturated heterocycles. The number of benzene rings is 1. The molecule has 138 valence electrons. The summed E-state index contributed by atoms with van der Waals surface area (Å²) in [5, 5.41) is 8.23. The number of halogens is 1. The van der Waals surface area contributed by atoms with Gasteiger partial charge in [-0.1, -0.05) is 12.1 Å². The number of aromatic nitrogens is 4. The Morgan fingerprint density at radius 1 is 1.11 bits per heavy atom. The molecule has 27 heavy (non-hydrogen) atoms. The van der Waals surface area contributed by atoms with Crippen LogP contribution in [0, 0.1) is 5.95 Å². The average Bonchev–Trinajstić information content (AvgIpc) is 3.24. The van der Waals surface area contributed by atoms with E-state index in [4.69, 9.17) is 4.74 Å². The summed E-state index contributed by atoms with van der Waals surface area (Å²) in [5.41, 5.74) is 1.13. The summed E-state index contributed by atoms with van der Waals surface area (Å²) in [5.74, 6) is -0.656. The predicted octanol–water partition coefficient (Wildman–Crippen LogP) is 2.49. The van der Waals surface area contributed by atoms with E-state index < -0.39 is 5.95 Å². The Hall–Kier alpha value is -3.29. The van der Waals surface area contributed by atoms with Crippen LogP contribution in [-0.4, -0.2) is 50.0 Å². The van der Waals surface area contributed by atoms with Crippen molar-refractivity contribution in [1.29, 1.82) is 0 Å². The number of hydrogen-bond donors (Lipinski definition) is 0. The summed E-state index contributed by atoms with van der Waals surface area (Å²) in [6.07, 6.45) is 5.75. The van der Waals surface area contributed by atoms with Crippen molar-refractivity contribution in [2.75, 3.05) is 13.1 Å². The van der Waals surface area contributed by atoms with Gasteiger partial charge in [0.2, 0.25) is 0 Å². The van der Waals surface area contributed by atoms with Crippen LogP contribution in [-0.2, 0) is 0 Å². The molecule has 3 heterocycles. The van der Waals surface area contributed by atoms with E-state index >= 15 is 0 Å². The lowest BCUT2D eigenvalue weighted by molar-refractivity contribution is 0.0527.